The Labute approximate surface area is 102 Å². The van der Waals surface area contributed by atoms with Crippen molar-refractivity contribution in [3.05, 3.63) is 0 Å². The molecular formula is C11H22N4O2. The van der Waals surface area contributed by atoms with Gasteiger partial charge in [-0.1, -0.05) is 12.8 Å². The molecule has 1 aliphatic heterocycles. The number of aliphatic imine (C=N–C) groups is 1. The number of hydrogen-bond acceptors (Lipinski definition) is 4. The first-order chi connectivity index (χ1) is 8.33. The molecule has 1 aliphatic carbocycles. The molecule has 2 aliphatic rings. The Bertz CT molecular complexity index is 266. The fourth-order valence-electron chi connectivity index (χ4n) is 2.44. The number of ether oxygens (including phenoxy) is 1. The topological polar surface area (TPSA) is 83.1 Å². The standard InChI is InChI=1S/C11H22N4O2/c12-14-11(13-9-3-1-2-4-9)15-5-6-17-10(7-15)8-16/h9-10,16H,1-8,12H2,(H,13,14). The van der Waals surface area contributed by atoms with Crippen LogP contribution in [0.15, 0.2) is 4.99 Å². The quantitative estimate of drug-likeness (QED) is 0.262. The number of hydrazine groups is 1. The summed E-state index contributed by atoms with van der Waals surface area (Å²) in [5.41, 5.74) is 2.68. The predicted octanol–water partition coefficient (Wildman–Crippen LogP) is -0.559. The number of rotatable bonds is 2. The average Bonchev–Trinajstić information content (AvgIpc) is 2.89. The zero-order valence-electron chi connectivity index (χ0n) is 10.1. The van der Waals surface area contributed by atoms with E-state index in [2.05, 4.69) is 15.3 Å². The molecule has 1 heterocycles. The zero-order valence-corrected chi connectivity index (χ0v) is 10.1. The lowest BCUT2D eigenvalue weighted by Crippen LogP contribution is -2.53. The predicted molar refractivity (Wildman–Crippen MR) is 65.4 cm³/mol. The van der Waals surface area contributed by atoms with Crippen LogP contribution in [0.25, 0.3) is 0 Å². The van der Waals surface area contributed by atoms with Crippen molar-refractivity contribution < 1.29 is 9.84 Å². The van der Waals surface area contributed by atoms with Crippen molar-refractivity contribution in [3.63, 3.8) is 0 Å². The molecule has 1 saturated carbocycles. The summed E-state index contributed by atoms with van der Waals surface area (Å²) in [7, 11) is 0. The molecule has 4 N–H and O–H groups in total. The molecule has 2 fully saturated rings. The Hall–Kier alpha value is -0.850. The highest BCUT2D eigenvalue weighted by Gasteiger charge is 2.23. The third-order valence-electron chi connectivity index (χ3n) is 3.40. The Morgan fingerprint density at radius 3 is 2.88 bits per heavy atom. The molecule has 0 radical (unpaired) electrons. The minimum atomic E-state index is -0.133. The first-order valence-corrected chi connectivity index (χ1v) is 6.35. The van der Waals surface area contributed by atoms with Crippen molar-refractivity contribution in [3.8, 4) is 0 Å². The van der Waals surface area contributed by atoms with Crippen LogP contribution in [-0.4, -0.2) is 54.4 Å². The molecule has 0 aromatic carbocycles. The summed E-state index contributed by atoms with van der Waals surface area (Å²) in [5.74, 6) is 6.28. The normalized spacial score (nSPS) is 27.5. The van der Waals surface area contributed by atoms with Gasteiger partial charge in [0.1, 0.15) is 0 Å². The fourth-order valence-corrected chi connectivity index (χ4v) is 2.44. The zero-order chi connectivity index (χ0) is 12.1. The van der Waals surface area contributed by atoms with Gasteiger partial charge in [0.25, 0.3) is 0 Å². The number of nitrogens with one attached hydrogen (secondary N) is 1. The van der Waals surface area contributed by atoms with Crippen molar-refractivity contribution in [2.45, 2.75) is 37.8 Å². The van der Waals surface area contributed by atoms with Crippen LogP contribution in [0.1, 0.15) is 25.7 Å². The highest BCUT2D eigenvalue weighted by atomic mass is 16.5. The van der Waals surface area contributed by atoms with E-state index in [1.165, 1.54) is 12.8 Å². The van der Waals surface area contributed by atoms with Crippen molar-refractivity contribution in [1.29, 1.82) is 0 Å². The Kier molecular flexibility index (Phi) is 4.58. The molecule has 1 saturated heterocycles. The smallest absolute Gasteiger partial charge is 0.208 e. The second-order valence-corrected chi connectivity index (χ2v) is 4.66. The SMILES string of the molecule is NNC(=NC1CCCC1)N1CCOC(CO)C1. The molecular weight excluding hydrogens is 220 g/mol. The molecule has 98 valence electrons. The van der Waals surface area contributed by atoms with Crippen LogP contribution in [0.2, 0.25) is 0 Å². The van der Waals surface area contributed by atoms with Crippen molar-refractivity contribution >= 4 is 5.96 Å². The van der Waals surface area contributed by atoms with Gasteiger partial charge in [0, 0.05) is 13.1 Å². The summed E-state index contributed by atoms with van der Waals surface area (Å²) < 4.78 is 5.41. The van der Waals surface area contributed by atoms with E-state index in [1.54, 1.807) is 0 Å². The van der Waals surface area contributed by atoms with Crippen molar-refractivity contribution in [2.75, 3.05) is 26.3 Å². The Morgan fingerprint density at radius 1 is 1.47 bits per heavy atom. The van der Waals surface area contributed by atoms with Crippen LogP contribution in [0.3, 0.4) is 0 Å². The number of guanidine groups is 1. The summed E-state index contributed by atoms with van der Waals surface area (Å²) >= 11 is 0. The molecule has 0 aromatic rings. The van der Waals surface area contributed by atoms with Gasteiger partial charge in [-0.25, -0.2) is 10.8 Å². The lowest BCUT2D eigenvalue weighted by atomic mass is 10.2. The molecule has 17 heavy (non-hydrogen) atoms. The molecule has 0 amide bonds. The van der Waals surface area contributed by atoms with Crippen LogP contribution in [0, 0.1) is 0 Å². The van der Waals surface area contributed by atoms with E-state index in [0.29, 0.717) is 19.2 Å². The molecule has 1 unspecified atom stereocenters. The number of aliphatic hydroxyl groups is 1. The maximum absolute atomic E-state index is 9.10. The van der Waals surface area contributed by atoms with Crippen molar-refractivity contribution in [2.24, 2.45) is 10.8 Å². The van der Waals surface area contributed by atoms with Crippen LogP contribution in [0.5, 0.6) is 0 Å². The highest BCUT2D eigenvalue weighted by Crippen LogP contribution is 2.21. The van der Waals surface area contributed by atoms with E-state index in [9.17, 15) is 0 Å². The number of aliphatic hydroxyl groups excluding tert-OH is 1. The molecule has 0 spiro atoms. The maximum atomic E-state index is 9.10. The first kappa shape index (κ1) is 12.6. The summed E-state index contributed by atoms with van der Waals surface area (Å²) in [4.78, 5) is 6.71. The third-order valence-corrected chi connectivity index (χ3v) is 3.40. The molecule has 0 bridgehead atoms. The van der Waals surface area contributed by atoms with E-state index in [4.69, 9.17) is 15.7 Å². The minimum Gasteiger partial charge on any atom is -0.394 e. The van der Waals surface area contributed by atoms with E-state index in [1.807, 2.05) is 0 Å². The maximum Gasteiger partial charge on any atom is 0.208 e. The van der Waals surface area contributed by atoms with Crippen LogP contribution in [0.4, 0.5) is 0 Å². The largest absolute Gasteiger partial charge is 0.394 e. The number of morpholine rings is 1. The molecule has 1 atom stereocenters. The van der Waals surface area contributed by atoms with E-state index < -0.39 is 0 Å². The molecule has 6 nitrogen and oxygen atoms in total. The molecule has 6 heteroatoms. The number of hydrogen-bond donors (Lipinski definition) is 3. The van der Waals surface area contributed by atoms with Crippen LogP contribution in [-0.2, 0) is 4.74 Å². The van der Waals surface area contributed by atoms with E-state index in [0.717, 1.165) is 25.3 Å². The first-order valence-electron chi connectivity index (χ1n) is 6.35. The third kappa shape index (κ3) is 3.31. The monoisotopic (exact) mass is 242 g/mol. The molecule has 2 rings (SSSR count). The number of nitrogens with zero attached hydrogens (tertiary/aromatic N) is 2. The lowest BCUT2D eigenvalue weighted by molar-refractivity contribution is -0.0350. The average molecular weight is 242 g/mol. The van der Waals surface area contributed by atoms with Gasteiger partial charge in [-0.05, 0) is 12.8 Å². The fraction of sp³-hybridized carbons (Fsp3) is 0.909. The van der Waals surface area contributed by atoms with Gasteiger partial charge in [-0.3, -0.25) is 5.43 Å². The van der Waals surface area contributed by atoms with E-state index in [-0.39, 0.29) is 12.7 Å². The van der Waals surface area contributed by atoms with Crippen LogP contribution < -0.4 is 11.3 Å². The summed E-state index contributed by atoms with van der Waals surface area (Å²) in [6.45, 7) is 2.06. The van der Waals surface area contributed by atoms with E-state index >= 15 is 0 Å². The summed E-state index contributed by atoms with van der Waals surface area (Å²) in [6, 6.07) is 0.400. The lowest BCUT2D eigenvalue weighted by Gasteiger charge is -2.34. The summed E-state index contributed by atoms with van der Waals surface area (Å²) in [6.07, 6.45) is 4.69. The van der Waals surface area contributed by atoms with Gasteiger partial charge in [-0.2, -0.15) is 0 Å². The van der Waals surface area contributed by atoms with Crippen molar-refractivity contribution in [1.82, 2.24) is 10.3 Å². The highest BCUT2D eigenvalue weighted by molar-refractivity contribution is 5.79. The summed E-state index contributed by atoms with van der Waals surface area (Å²) in [5, 5.41) is 9.10. The van der Waals surface area contributed by atoms with Gasteiger partial charge in [0.2, 0.25) is 5.96 Å². The van der Waals surface area contributed by atoms with Crippen LogP contribution >= 0.6 is 0 Å². The molecule has 0 aromatic heterocycles. The van der Waals surface area contributed by atoms with Gasteiger partial charge >= 0.3 is 0 Å². The van der Waals surface area contributed by atoms with Gasteiger partial charge in [0.05, 0.1) is 25.4 Å². The second kappa shape index (κ2) is 6.18. The second-order valence-electron chi connectivity index (χ2n) is 4.66. The number of nitrogens with two attached hydrogens (primary N) is 1. The van der Waals surface area contributed by atoms with Gasteiger partial charge in [-0.15, -0.1) is 0 Å². The minimum absolute atomic E-state index is 0.0395. The van der Waals surface area contributed by atoms with Gasteiger partial charge < -0.3 is 14.7 Å². The Balaban J connectivity index is 1.96. The Morgan fingerprint density at radius 2 is 2.24 bits per heavy atom. The van der Waals surface area contributed by atoms with Gasteiger partial charge in [0.15, 0.2) is 0 Å².